The van der Waals surface area contributed by atoms with Crippen molar-refractivity contribution in [1.82, 2.24) is 0 Å². The molecule has 1 heterocycles. The van der Waals surface area contributed by atoms with Crippen molar-refractivity contribution < 1.29 is 43.7 Å². The molecule has 0 spiro atoms. The molecule has 0 saturated heterocycles. The van der Waals surface area contributed by atoms with Crippen molar-refractivity contribution in [1.29, 1.82) is 0 Å². The van der Waals surface area contributed by atoms with Gasteiger partial charge in [-0.1, -0.05) is 6.07 Å². The molecule has 0 aliphatic rings. The molecule has 3 rings (SSSR count). The predicted molar refractivity (Wildman–Crippen MR) is 96.0 cm³/mol. The van der Waals surface area contributed by atoms with Gasteiger partial charge in [0.05, 0.1) is 16.0 Å². The Bertz CT molecular complexity index is 1200. The summed E-state index contributed by atoms with van der Waals surface area (Å²) in [6.45, 7) is 0. The van der Waals surface area contributed by atoms with Crippen LogP contribution in [-0.2, 0) is 22.5 Å². The van der Waals surface area contributed by atoms with E-state index in [2.05, 4.69) is 12.6 Å². The SMILES string of the molecule is O=S(=O)(O)c1cc(C(F)(F)F)cc(C(F)(F)F)c1.O=c1ccc2ccc(S)cc2o1. The lowest BCUT2D eigenvalue weighted by molar-refractivity contribution is -0.143. The molecule has 30 heavy (non-hydrogen) atoms. The molecule has 13 heteroatoms. The highest BCUT2D eigenvalue weighted by atomic mass is 32.2. The van der Waals surface area contributed by atoms with Gasteiger partial charge in [-0.25, -0.2) is 4.79 Å². The zero-order chi connectivity index (χ0) is 22.9. The standard InChI is InChI=1S/C9H6O2S.C8H4F6O3S/c10-9-4-2-6-1-3-7(12)5-8(6)11-9;9-7(10,11)4-1-5(8(12,13)14)3-6(2-4)18(15,16)17/h1-5,12H;1-3H,(H,15,16,17). The predicted octanol–water partition coefficient (Wildman–Crippen LogP) is 5.05. The minimum Gasteiger partial charge on any atom is -0.423 e. The highest BCUT2D eigenvalue weighted by molar-refractivity contribution is 7.85. The molecule has 5 nitrogen and oxygen atoms in total. The summed E-state index contributed by atoms with van der Waals surface area (Å²) in [7, 11) is -5.17. The van der Waals surface area contributed by atoms with E-state index < -0.39 is 38.5 Å². The second-order valence-corrected chi connectivity index (χ2v) is 7.63. The van der Waals surface area contributed by atoms with Gasteiger partial charge in [0.1, 0.15) is 5.58 Å². The van der Waals surface area contributed by atoms with Gasteiger partial charge in [-0.15, -0.1) is 12.6 Å². The van der Waals surface area contributed by atoms with Gasteiger partial charge in [-0.05, 0) is 36.4 Å². The fraction of sp³-hybridized carbons (Fsp3) is 0.118. The van der Waals surface area contributed by atoms with Crippen LogP contribution in [0.1, 0.15) is 11.1 Å². The van der Waals surface area contributed by atoms with E-state index in [1.54, 1.807) is 12.1 Å². The lowest BCUT2D eigenvalue weighted by Gasteiger charge is -2.12. The molecule has 0 atom stereocenters. The molecule has 0 radical (unpaired) electrons. The van der Waals surface area contributed by atoms with E-state index in [4.69, 9.17) is 8.97 Å². The largest absolute Gasteiger partial charge is 0.423 e. The van der Waals surface area contributed by atoms with Gasteiger partial charge in [-0.2, -0.15) is 34.8 Å². The van der Waals surface area contributed by atoms with Crippen molar-refractivity contribution in [3.63, 3.8) is 0 Å². The molecule has 0 amide bonds. The van der Waals surface area contributed by atoms with Crippen molar-refractivity contribution in [3.8, 4) is 0 Å². The third-order valence-electron chi connectivity index (χ3n) is 3.47. The van der Waals surface area contributed by atoms with Crippen molar-refractivity contribution in [3.05, 3.63) is 70.1 Å². The number of hydrogen-bond donors (Lipinski definition) is 2. The highest BCUT2D eigenvalue weighted by Gasteiger charge is 2.38. The maximum Gasteiger partial charge on any atom is 0.416 e. The maximum atomic E-state index is 12.3. The fourth-order valence-electron chi connectivity index (χ4n) is 2.12. The van der Waals surface area contributed by atoms with E-state index in [1.807, 2.05) is 12.1 Å². The summed E-state index contributed by atoms with van der Waals surface area (Å²) in [5.74, 6) is 0. The average molecular weight is 472 g/mol. The Kier molecular flexibility index (Phi) is 6.59. The van der Waals surface area contributed by atoms with Gasteiger partial charge >= 0.3 is 18.0 Å². The number of fused-ring (bicyclic) bond motifs is 1. The zero-order valence-corrected chi connectivity index (χ0v) is 16.0. The summed E-state index contributed by atoms with van der Waals surface area (Å²) in [6, 6.07) is 8.17. The number of benzene rings is 2. The van der Waals surface area contributed by atoms with Gasteiger partial charge in [0.25, 0.3) is 10.1 Å². The fourth-order valence-corrected chi connectivity index (χ4v) is 2.87. The summed E-state index contributed by atoms with van der Waals surface area (Å²) in [6.07, 6.45) is -10.3. The van der Waals surface area contributed by atoms with E-state index in [-0.39, 0.29) is 23.8 Å². The van der Waals surface area contributed by atoms with E-state index >= 15 is 0 Å². The average Bonchev–Trinajstić information content (AvgIpc) is 2.59. The normalized spacial score (nSPS) is 12.4. The van der Waals surface area contributed by atoms with E-state index in [0.717, 1.165) is 10.3 Å². The smallest absolute Gasteiger partial charge is 0.416 e. The van der Waals surface area contributed by atoms with Crippen molar-refractivity contribution in [2.24, 2.45) is 0 Å². The van der Waals surface area contributed by atoms with Gasteiger partial charge in [0.15, 0.2) is 0 Å². The molecule has 0 saturated carbocycles. The minimum absolute atomic E-state index is 0.0788. The third kappa shape index (κ3) is 6.24. The van der Waals surface area contributed by atoms with Gasteiger partial charge < -0.3 is 4.42 Å². The molecule has 1 aromatic heterocycles. The molecule has 162 valence electrons. The Morgan fingerprint density at radius 3 is 1.80 bits per heavy atom. The number of rotatable bonds is 1. The molecule has 0 bridgehead atoms. The van der Waals surface area contributed by atoms with Crippen molar-refractivity contribution in [2.45, 2.75) is 22.1 Å². The Morgan fingerprint density at radius 2 is 1.33 bits per heavy atom. The zero-order valence-electron chi connectivity index (χ0n) is 14.3. The molecule has 2 aromatic carbocycles. The van der Waals surface area contributed by atoms with Crippen LogP contribution in [0.4, 0.5) is 26.3 Å². The molecule has 0 aliphatic heterocycles. The first-order valence-corrected chi connectivity index (χ1v) is 9.46. The Morgan fingerprint density at radius 1 is 0.833 bits per heavy atom. The Balaban J connectivity index is 0.000000230. The second-order valence-electron chi connectivity index (χ2n) is 5.69. The van der Waals surface area contributed by atoms with Crippen LogP contribution < -0.4 is 5.63 Å². The lowest BCUT2D eigenvalue weighted by Crippen LogP contribution is -2.13. The van der Waals surface area contributed by atoms with Crippen LogP contribution in [0.3, 0.4) is 0 Å². The second kappa shape index (κ2) is 8.32. The van der Waals surface area contributed by atoms with Gasteiger partial charge in [-0.3, -0.25) is 4.55 Å². The van der Waals surface area contributed by atoms with Crippen LogP contribution >= 0.6 is 12.6 Å². The lowest BCUT2D eigenvalue weighted by atomic mass is 10.1. The van der Waals surface area contributed by atoms with Crippen LogP contribution in [-0.4, -0.2) is 13.0 Å². The van der Waals surface area contributed by atoms with Crippen LogP contribution in [0.5, 0.6) is 0 Å². The molecular formula is C17H10F6O5S2. The van der Waals surface area contributed by atoms with Gasteiger partial charge in [0.2, 0.25) is 0 Å². The monoisotopic (exact) mass is 472 g/mol. The molecule has 0 unspecified atom stereocenters. The quantitative estimate of drug-likeness (QED) is 0.224. The van der Waals surface area contributed by atoms with Crippen molar-refractivity contribution >= 4 is 33.7 Å². The Labute approximate surface area is 170 Å². The molecule has 1 N–H and O–H groups in total. The molecule has 0 aliphatic carbocycles. The topological polar surface area (TPSA) is 84.6 Å². The highest BCUT2D eigenvalue weighted by Crippen LogP contribution is 2.37. The number of alkyl halides is 6. The summed E-state index contributed by atoms with van der Waals surface area (Å²) in [4.78, 5) is 10.1. The summed E-state index contributed by atoms with van der Waals surface area (Å²) >= 11 is 4.13. The van der Waals surface area contributed by atoms with Gasteiger partial charge in [0, 0.05) is 16.3 Å². The first kappa shape index (κ1) is 23.8. The first-order valence-electron chi connectivity index (χ1n) is 7.57. The van der Waals surface area contributed by atoms with E-state index in [1.165, 1.54) is 6.07 Å². The Hall–Kier alpha value is -2.51. The third-order valence-corrected chi connectivity index (χ3v) is 4.58. The maximum absolute atomic E-state index is 12.3. The first-order chi connectivity index (χ1) is 13.6. The molecular weight excluding hydrogens is 462 g/mol. The van der Waals surface area contributed by atoms with E-state index in [9.17, 15) is 39.6 Å². The van der Waals surface area contributed by atoms with Crippen LogP contribution in [0, 0.1) is 0 Å². The number of thiol groups is 1. The van der Waals surface area contributed by atoms with Crippen LogP contribution in [0.25, 0.3) is 11.0 Å². The van der Waals surface area contributed by atoms with Crippen molar-refractivity contribution in [2.75, 3.05) is 0 Å². The van der Waals surface area contributed by atoms with E-state index in [0.29, 0.717) is 5.58 Å². The summed E-state index contributed by atoms with van der Waals surface area (Å²) < 4.78 is 108. The number of hydrogen-bond acceptors (Lipinski definition) is 5. The minimum atomic E-state index is -5.17. The number of halogens is 6. The summed E-state index contributed by atoms with van der Waals surface area (Å²) in [5, 5.41) is 0.910. The summed E-state index contributed by atoms with van der Waals surface area (Å²) in [5.41, 5.74) is -3.38. The molecule has 3 aromatic rings. The van der Waals surface area contributed by atoms with Crippen LogP contribution in [0.2, 0.25) is 0 Å². The molecule has 0 fully saturated rings. The van der Waals surface area contributed by atoms with Crippen LogP contribution in [0.15, 0.2) is 67.5 Å².